The lowest BCUT2D eigenvalue weighted by atomic mass is 9.90. The van der Waals surface area contributed by atoms with E-state index in [1.807, 2.05) is 26.0 Å². The molecule has 1 fully saturated rings. The van der Waals surface area contributed by atoms with Crippen molar-refractivity contribution in [3.8, 4) is 0 Å². The van der Waals surface area contributed by atoms with Crippen LogP contribution in [0.3, 0.4) is 0 Å². The standard InChI is InChI=1S/C17H23N3O4/c1-11-4-5-13(8-12(11)2)18-16(24)19-14(21)9-20-7-6-17(3,10-20)15(22)23/h4-5,8H,6-7,9-10H2,1-3H3,(H,22,23)(H2,18,19,21,24). The van der Waals surface area contributed by atoms with E-state index < -0.39 is 23.3 Å². The summed E-state index contributed by atoms with van der Waals surface area (Å²) < 4.78 is 0. The van der Waals surface area contributed by atoms with Crippen LogP contribution < -0.4 is 10.6 Å². The minimum atomic E-state index is -0.863. The number of hydrogen-bond acceptors (Lipinski definition) is 4. The lowest BCUT2D eigenvalue weighted by Gasteiger charge is -2.19. The van der Waals surface area contributed by atoms with Crippen molar-refractivity contribution in [2.75, 3.05) is 25.0 Å². The predicted octanol–water partition coefficient (Wildman–Crippen LogP) is 1.75. The number of anilines is 1. The van der Waals surface area contributed by atoms with Gasteiger partial charge >= 0.3 is 12.0 Å². The second-order valence-corrected chi connectivity index (χ2v) is 6.63. The molecule has 0 bridgehead atoms. The topological polar surface area (TPSA) is 98.7 Å². The monoisotopic (exact) mass is 333 g/mol. The molecule has 24 heavy (non-hydrogen) atoms. The van der Waals surface area contributed by atoms with Gasteiger partial charge in [0, 0.05) is 12.2 Å². The van der Waals surface area contributed by atoms with E-state index in [4.69, 9.17) is 0 Å². The van der Waals surface area contributed by atoms with Crippen molar-refractivity contribution in [1.82, 2.24) is 10.2 Å². The molecule has 1 heterocycles. The van der Waals surface area contributed by atoms with E-state index in [1.165, 1.54) is 0 Å². The molecule has 3 amide bonds. The molecule has 1 aliphatic rings. The Labute approximate surface area is 141 Å². The van der Waals surface area contributed by atoms with Crippen LogP contribution in [0.2, 0.25) is 0 Å². The number of imide groups is 1. The van der Waals surface area contributed by atoms with Gasteiger partial charge in [0.25, 0.3) is 0 Å². The molecule has 1 saturated heterocycles. The lowest BCUT2D eigenvalue weighted by molar-refractivity contribution is -0.147. The van der Waals surface area contributed by atoms with Gasteiger partial charge in [-0.25, -0.2) is 4.79 Å². The Bertz CT molecular complexity index is 674. The van der Waals surface area contributed by atoms with Gasteiger partial charge in [-0.2, -0.15) is 0 Å². The first-order valence-electron chi connectivity index (χ1n) is 7.83. The molecule has 0 spiro atoms. The Hall–Kier alpha value is -2.41. The summed E-state index contributed by atoms with van der Waals surface area (Å²) in [5.74, 6) is -1.32. The highest BCUT2D eigenvalue weighted by Crippen LogP contribution is 2.29. The highest BCUT2D eigenvalue weighted by atomic mass is 16.4. The largest absolute Gasteiger partial charge is 0.481 e. The maximum Gasteiger partial charge on any atom is 0.325 e. The molecule has 1 aromatic rings. The van der Waals surface area contributed by atoms with Crippen LogP contribution in [0.25, 0.3) is 0 Å². The molecule has 7 heteroatoms. The first-order valence-corrected chi connectivity index (χ1v) is 7.83. The van der Waals surface area contributed by atoms with Gasteiger partial charge in [0.1, 0.15) is 0 Å². The summed E-state index contributed by atoms with van der Waals surface area (Å²) in [6.45, 7) is 6.41. The number of nitrogens with zero attached hydrogens (tertiary/aromatic N) is 1. The van der Waals surface area contributed by atoms with Gasteiger partial charge in [-0.05, 0) is 57.0 Å². The number of urea groups is 1. The molecule has 0 saturated carbocycles. The summed E-state index contributed by atoms with van der Waals surface area (Å²) in [6, 6.07) is 4.90. The molecule has 0 radical (unpaired) electrons. The zero-order valence-corrected chi connectivity index (χ0v) is 14.2. The van der Waals surface area contributed by atoms with Crippen LogP contribution >= 0.6 is 0 Å². The minimum Gasteiger partial charge on any atom is -0.481 e. The molecule has 0 aromatic heterocycles. The maximum absolute atomic E-state index is 11.9. The zero-order valence-electron chi connectivity index (χ0n) is 14.2. The molecule has 1 aromatic carbocycles. The van der Waals surface area contributed by atoms with Crippen molar-refractivity contribution in [1.29, 1.82) is 0 Å². The number of nitrogens with one attached hydrogen (secondary N) is 2. The van der Waals surface area contributed by atoms with E-state index in [2.05, 4.69) is 10.6 Å². The van der Waals surface area contributed by atoms with Crippen LogP contribution in [0.4, 0.5) is 10.5 Å². The fourth-order valence-corrected chi connectivity index (χ4v) is 2.72. The molecule has 1 aliphatic heterocycles. The highest BCUT2D eigenvalue weighted by Gasteiger charge is 2.40. The number of aryl methyl sites for hydroxylation is 2. The smallest absolute Gasteiger partial charge is 0.325 e. The van der Waals surface area contributed by atoms with E-state index >= 15 is 0 Å². The van der Waals surface area contributed by atoms with Crippen LogP contribution in [0, 0.1) is 19.3 Å². The number of carbonyl (C=O) groups is 3. The Kier molecular flexibility index (Phi) is 5.23. The van der Waals surface area contributed by atoms with E-state index in [9.17, 15) is 19.5 Å². The third-order valence-corrected chi connectivity index (χ3v) is 4.45. The van der Waals surface area contributed by atoms with Crippen LogP contribution in [0.1, 0.15) is 24.5 Å². The molecule has 7 nitrogen and oxygen atoms in total. The van der Waals surface area contributed by atoms with Crippen molar-refractivity contribution in [3.63, 3.8) is 0 Å². The van der Waals surface area contributed by atoms with Gasteiger partial charge in [0.2, 0.25) is 5.91 Å². The zero-order chi connectivity index (χ0) is 17.9. The Morgan fingerprint density at radius 2 is 1.96 bits per heavy atom. The first kappa shape index (κ1) is 17.9. The third kappa shape index (κ3) is 4.32. The lowest BCUT2D eigenvalue weighted by Crippen LogP contribution is -2.42. The number of amides is 3. The molecule has 2 rings (SSSR count). The van der Waals surface area contributed by atoms with Gasteiger partial charge in [-0.3, -0.25) is 19.8 Å². The molecule has 1 unspecified atom stereocenters. The summed E-state index contributed by atoms with van der Waals surface area (Å²) in [7, 11) is 0. The summed E-state index contributed by atoms with van der Waals surface area (Å²) in [5.41, 5.74) is 1.95. The van der Waals surface area contributed by atoms with Crippen molar-refractivity contribution in [2.45, 2.75) is 27.2 Å². The quantitative estimate of drug-likeness (QED) is 0.780. The van der Waals surface area contributed by atoms with Crippen LogP contribution in [0.15, 0.2) is 18.2 Å². The van der Waals surface area contributed by atoms with Gasteiger partial charge in [-0.1, -0.05) is 6.07 Å². The van der Waals surface area contributed by atoms with Crippen LogP contribution in [0.5, 0.6) is 0 Å². The number of carboxylic acids is 1. The second-order valence-electron chi connectivity index (χ2n) is 6.63. The molecular weight excluding hydrogens is 310 g/mol. The van der Waals surface area contributed by atoms with Gasteiger partial charge in [0.05, 0.1) is 12.0 Å². The predicted molar refractivity (Wildman–Crippen MR) is 89.9 cm³/mol. The maximum atomic E-state index is 11.9. The van der Waals surface area contributed by atoms with Gasteiger partial charge in [-0.15, -0.1) is 0 Å². The van der Waals surface area contributed by atoms with Crippen molar-refractivity contribution in [3.05, 3.63) is 29.3 Å². The molecule has 3 N–H and O–H groups in total. The molecule has 0 aliphatic carbocycles. The normalized spacial score (nSPS) is 20.6. The SMILES string of the molecule is Cc1ccc(NC(=O)NC(=O)CN2CCC(C)(C(=O)O)C2)cc1C. The summed E-state index contributed by atoms with van der Waals surface area (Å²) in [4.78, 5) is 36.8. The average Bonchev–Trinajstić information content (AvgIpc) is 2.85. The fraction of sp³-hybridized carbons (Fsp3) is 0.471. The molecule has 130 valence electrons. The first-order chi connectivity index (χ1) is 11.2. The Morgan fingerprint density at radius 3 is 2.54 bits per heavy atom. The van der Waals surface area contributed by atoms with E-state index in [1.54, 1.807) is 17.9 Å². The van der Waals surface area contributed by atoms with E-state index in [0.717, 1.165) is 11.1 Å². The summed E-state index contributed by atoms with van der Waals surface area (Å²) >= 11 is 0. The van der Waals surface area contributed by atoms with Crippen molar-refractivity contribution >= 4 is 23.6 Å². The van der Waals surface area contributed by atoms with E-state index in [0.29, 0.717) is 25.2 Å². The van der Waals surface area contributed by atoms with Crippen molar-refractivity contribution in [2.24, 2.45) is 5.41 Å². The Morgan fingerprint density at radius 1 is 1.25 bits per heavy atom. The molecule has 1 atom stereocenters. The average molecular weight is 333 g/mol. The minimum absolute atomic E-state index is 0.00319. The van der Waals surface area contributed by atoms with Gasteiger partial charge in [0.15, 0.2) is 0 Å². The summed E-state index contributed by atoms with van der Waals surface area (Å²) in [5, 5.41) is 14.1. The van der Waals surface area contributed by atoms with Crippen LogP contribution in [-0.4, -0.2) is 47.5 Å². The van der Waals surface area contributed by atoms with Crippen molar-refractivity contribution < 1.29 is 19.5 Å². The number of carbonyl (C=O) groups excluding carboxylic acids is 2. The molecular formula is C17H23N3O4. The fourth-order valence-electron chi connectivity index (χ4n) is 2.72. The number of hydrogen-bond donors (Lipinski definition) is 3. The van der Waals surface area contributed by atoms with E-state index in [-0.39, 0.29) is 6.54 Å². The highest BCUT2D eigenvalue weighted by molar-refractivity contribution is 6.01. The van der Waals surface area contributed by atoms with Crippen LogP contribution in [-0.2, 0) is 9.59 Å². The third-order valence-electron chi connectivity index (χ3n) is 4.45. The number of benzene rings is 1. The number of rotatable bonds is 4. The number of carboxylic acid groups (broad SMARTS) is 1. The number of likely N-dealkylation sites (tertiary alicyclic amines) is 1. The summed E-state index contributed by atoms with van der Waals surface area (Å²) in [6.07, 6.45) is 0.491. The second kappa shape index (κ2) is 7.00. The van der Waals surface area contributed by atoms with Gasteiger partial charge < -0.3 is 10.4 Å². The Balaban J connectivity index is 1.83. The number of aliphatic carboxylic acids is 1.